The predicted molar refractivity (Wildman–Crippen MR) is 115 cm³/mol. The van der Waals surface area contributed by atoms with E-state index in [4.69, 9.17) is 9.40 Å². The van der Waals surface area contributed by atoms with Crippen molar-refractivity contribution in [1.29, 1.82) is 0 Å². The van der Waals surface area contributed by atoms with E-state index in [1.165, 1.54) is 5.92 Å². The van der Waals surface area contributed by atoms with Crippen LogP contribution in [0.5, 0.6) is 0 Å². The van der Waals surface area contributed by atoms with E-state index in [1.807, 2.05) is 50.3 Å². The number of nitrogens with zero attached hydrogens (tertiary/aromatic N) is 2. The van der Waals surface area contributed by atoms with Crippen LogP contribution in [0.2, 0.25) is 0 Å². The van der Waals surface area contributed by atoms with Gasteiger partial charge in [0.25, 0.3) is 0 Å². The molecule has 2 saturated carbocycles. The smallest absolute Gasteiger partial charge is 0.197 e. The first-order chi connectivity index (χ1) is 13.6. The quantitative estimate of drug-likeness (QED) is 0.616. The molecule has 0 spiro atoms. The molecule has 2 fully saturated rings. The van der Waals surface area contributed by atoms with Gasteiger partial charge in [0.15, 0.2) is 5.89 Å². The van der Waals surface area contributed by atoms with Crippen LogP contribution < -0.4 is 0 Å². The summed E-state index contributed by atoms with van der Waals surface area (Å²) in [6.07, 6.45) is 16.4. The standard InChI is InChI=1S/C20H23N2O.C5H5.Fe/c1-14(2)20-21-18(15-9-6-5-7-10-15)19(23-20)17-12-8-11-16(17)13-22(3)4;1-2-4-5-3-1;/h5-12,14H,13H2,1-4H3;1-5H;. The fraction of sp³-hybridized carbons (Fsp3) is 0.240. The number of hydrogen-bond donors (Lipinski definition) is 0. The summed E-state index contributed by atoms with van der Waals surface area (Å²) < 4.78 is 6.17. The van der Waals surface area contributed by atoms with Crippen molar-refractivity contribution in [2.75, 3.05) is 20.6 Å². The Bertz CT molecular complexity index is 699. The van der Waals surface area contributed by atoms with E-state index >= 15 is 0 Å². The zero-order valence-electron chi connectivity index (χ0n) is 17.4. The average molecular weight is 428 g/mol. The van der Waals surface area contributed by atoms with E-state index in [2.05, 4.69) is 64.2 Å². The van der Waals surface area contributed by atoms with Crippen molar-refractivity contribution in [1.82, 2.24) is 9.88 Å². The molecule has 1 heterocycles. The van der Waals surface area contributed by atoms with Gasteiger partial charge in [0.05, 0.1) is 5.92 Å². The van der Waals surface area contributed by atoms with Gasteiger partial charge in [-0.05, 0) is 65.5 Å². The molecule has 4 rings (SSSR count). The predicted octanol–water partition coefficient (Wildman–Crippen LogP) is 5.17. The van der Waals surface area contributed by atoms with Gasteiger partial charge in [0.2, 0.25) is 0 Å². The van der Waals surface area contributed by atoms with Gasteiger partial charge in [-0.3, -0.25) is 0 Å². The Morgan fingerprint density at radius 3 is 2.07 bits per heavy atom. The summed E-state index contributed by atoms with van der Waals surface area (Å²) in [6, 6.07) is 10.3. The summed E-state index contributed by atoms with van der Waals surface area (Å²) in [5.41, 5.74) is 2.02. The van der Waals surface area contributed by atoms with Crippen molar-refractivity contribution in [3.8, 4) is 11.3 Å². The molecule has 0 atom stereocenters. The third kappa shape index (κ3) is 6.70. The Morgan fingerprint density at radius 2 is 1.52 bits per heavy atom. The second kappa shape index (κ2) is 11.9. The second-order valence-corrected chi connectivity index (χ2v) is 7.42. The van der Waals surface area contributed by atoms with Crippen LogP contribution in [0, 0.1) is 63.2 Å². The minimum atomic E-state index is 0. The van der Waals surface area contributed by atoms with Gasteiger partial charge in [-0.2, -0.15) is 0 Å². The zero-order chi connectivity index (χ0) is 19.9. The maximum absolute atomic E-state index is 6.17. The Morgan fingerprint density at radius 1 is 0.897 bits per heavy atom. The number of rotatable bonds is 5. The third-order valence-corrected chi connectivity index (χ3v) is 4.38. The molecule has 0 saturated heterocycles. The van der Waals surface area contributed by atoms with Crippen molar-refractivity contribution in [3.05, 3.63) is 105 Å². The van der Waals surface area contributed by atoms with Crippen LogP contribution in [-0.4, -0.2) is 30.5 Å². The summed E-state index contributed by atoms with van der Waals surface area (Å²) in [5, 5.41) is 0. The SMILES string of the molecule is CC(C)c1nc(-c2ccccc2)c([C]2[CH][CH][CH][C]2CN(C)C)o1.[CH]1[CH][CH][CH][CH]1.[Fe]. The zero-order valence-corrected chi connectivity index (χ0v) is 18.6. The number of hydrogen-bond acceptors (Lipinski definition) is 3. The average Bonchev–Trinajstić information content (AvgIpc) is 3.44. The summed E-state index contributed by atoms with van der Waals surface area (Å²) in [4.78, 5) is 6.94. The second-order valence-electron chi connectivity index (χ2n) is 7.42. The van der Waals surface area contributed by atoms with Crippen LogP contribution >= 0.6 is 0 Å². The first-order valence-electron chi connectivity index (χ1n) is 9.68. The molecule has 1 aromatic carbocycles. The number of benzene rings is 1. The normalized spacial score (nSPS) is 17.4. The molecule has 0 bridgehead atoms. The number of oxazole rings is 1. The molecule has 2 aliphatic carbocycles. The molecule has 4 heteroatoms. The van der Waals surface area contributed by atoms with Crippen LogP contribution in [-0.2, 0) is 17.1 Å². The summed E-state index contributed by atoms with van der Waals surface area (Å²) >= 11 is 0. The maximum Gasteiger partial charge on any atom is 0.197 e. The fourth-order valence-corrected chi connectivity index (χ4v) is 3.04. The molecule has 0 unspecified atom stereocenters. The van der Waals surface area contributed by atoms with Crippen molar-refractivity contribution in [2.45, 2.75) is 19.8 Å². The molecule has 152 valence electrons. The van der Waals surface area contributed by atoms with Crippen LogP contribution in [0.4, 0.5) is 0 Å². The van der Waals surface area contributed by atoms with Crippen molar-refractivity contribution in [3.63, 3.8) is 0 Å². The van der Waals surface area contributed by atoms with Crippen LogP contribution in [0.3, 0.4) is 0 Å². The molecule has 29 heavy (non-hydrogen) atoms. The van der Waals surface area contributed by atoms with E-state index in [1.54, 1.807) is 0 Å². The third-order valence-electron chi connectivity index (χ3n) is 4.38. The summed E-state index contributed by atoms with van der Waals surface area (Å²) in [6.45, 7) is 5.10. The molecular formula is C25H28FeN2O. The van der Waals surface area contributed by atoms with Gasteiger partial charge >= 0.3 is 0 Å². The minimum absolute atomic E-state index is 0. The van der Waals surface area contributed by atoms with Gasteiger partial charge in [-0.15, -0.1) is 0 Å². The van der Waals surface area contributed by atoms with Gasteiger partial charge in [-0.1, -0.05) is 44.2 Å². The maximum atomic E-state index is 6.17. The summed E-state index contributed by atoms with van der Waals surface area (Å²) in [7, 11) is 4.16. The van der Waals surface area contributed by atoms with Gasteiger partial charge in [0, 0.05) is 41.0 Å². The van der Waals surface area contributed by atoms with Crippen molar-refractivity contribution < 1.29 is 21.5 Å². The Hall–Kier alpha value is -1.09. The van der Waals surface area contributed by atoms with Gasteiger partial charge in [0.1, 0.15) is 11.5 Å². The molecule has 0 N–H and O–H groups in total. The van der Waals surface area contributed by atoms with Gasteiger partial charge < -0.3 is 9.32 Å². The largest absolute Gasteiger partial charge is 0.444 e. The molecule has 0 aliphatic heterocycles. The first-order valence-corrected chi connectivity index (χ1v) is 9.68. The van der Waals surface area contributed by atoms with E-state index in [0.29, 0.717) is 0 Å². The fourth-order valence-electron chi connectivity index (χ4n) is 3.04. The van der Waals surface area contributed by atoms with E-state index < -0.39 is 0 Å². The Balaban J connectivity index is 0.000000437. The topological polar surface area (TPSA) is 29.3 Å². The molecule has 0 amide bonds. The number of aromatic nitrogens is 1. The minimum Gasteiger partial charge on any atom is -0.444 e. The van der Waals surface area contributed by atoms with Crippen LogP contribution in [0.1, 0.15) is 31.4 Å². The molecule has 10 radical (unpaired) electrons. The van der Waals surface area contributed by atoms with Crippen LogP contribution in [0.15, 0.2) is 34.7 Å². The van der Waals surface area contributed by atoms with E-state index in [0.717, 1.165) is 35.4 Å². The Labute approximate surface area is 188 Å². The first kappa shape index (κ1) is 24.2. The van der Waals surface area contributed by atoms with Crippen LogP contribution in [0.25, 0.3) is 11.3 Å². The van der Waals surface area contributed by atoms with Crippen molar-refractivity contribution in [2.24, 2.45) is 0 Å². The van der Waals surface area contributed by atoms with Gasteiger partial charge in [-0.25, -0.2) is 4.98 Å². The Kier molecular flexibility index (Phi) is 9.95. The molecular weight excluding hydrogens is 400 g/mol. The van der Waals surface area contributed by atoms with E-state index in [9.17, 15) is 0 Å². The van der Waals surface area contributed by atoms with Crippen molar-refractivity contribution >= 4 is 0 Å². The molecule has 1 aromatic heterocycles. The monoisotopic (exact) mass is 428 g/mol. The molecule has 2 aliphatic rings. The van der Waals surface area contributed by atoms with E-state index in [-0.39, 0.29) is 23.0 Å². The molecule has 2 aromatic rings. The molecule has 3 nitrogen and oxygen atoms in total. The summed E-state index contributed by atoms with van der Waals surface area (Å²) in [5.74, 6) is 4.33.